The van der Waals surface area contributed by atoms with Gasteiger partial charge in [-0.3, -0.25) is 9.59 Å². The Balaban J connectivity index is 2.78. The predicted octanol–water partition coefficient (Wildman–Crippen LogP) is 1.90. The van der Waals surface area contributed by atoms with Gasteiger partial charge in [0.1, 0.15) is 0 Å². The lowest BCUT2D eigenvalue weighted by atomic mass is 9.88. The molecule has 0 saturated heterocycles. The molecule has 2 rings (SSSR count). The SMILES string of the molecule is CC1=CC(=O)c2cc(C)cc(N)c2C1=O. The smallest absolute Gasteiger partial charge is 0.191 e. The molecule has 0 bridgehead atoms. The van der Waals surface area contributed by atoms with Gasteiger partial charge in [0.2, 0.25) is 0 Å². The highest BCUT2D eigenvalue weighted by atomic mass is 16.1. The Bertz CT molecular complexity index is 513. The van der Waals surface area contributed by atoms with E-state index in [9.17, 15) is 9.59 Å². The van der Waals surface area contributed by atoms with E-state index in [4.69, 9.17) is 5.73 Å². The number of anilines is 1. The summed E-state index contributed by atoms with van der Waals surface area (Å²) in [7, 11) is 0. The lowest BCUT2D eigenvalue weighted by molar-refractivity contribution is 0.0985. The Labute approximate surface area is 87.6 Å². The maximum absolute atomic E-state index is 11.8. The highest BCUT2D eigenvalue weighted by Gasteiger charge is 2.25. The summed E-state index contributed by atoms with van der Waals surface area (Å²) in [5.41, 5.74) is 8.25. The zero-order valence-electron chi connectivity index (χ0n) is 8.63. The van der Waals surface area contributed by atoms with Crippen LogP contribution in [0.15, 0.2) is 23.8 Å². The molecule has 3 nitrogen and oxygen atoms in total. The van der Waals surface area contributed by atoms with E-state index in [1.54, 1.807) is 19.1 Å². The van der Waals surface area contributed by atoms with E-state index in [-0.39, 0.29) is 11.6 Å². The second-order valence-corrected chi connectivity index (χ2v) is 3.80. The van der Waals surface area contributed by atoms with E-state index in [0.717, 1.165) is 5.56 Å². The van der Waals surface area contributed by atoms with Crippen molar-refractivity contribution in [3.8, 4) is 0 Å². The van der Waals surface area contributed by atoms with Crippen LogP contribution in [0.2, 0.25) is 0 Å². The molecule has 2 N–H and O–H groups in total. The summed E-state index contributed by atoms with van der Waals surface area (Å²) >= 11 is 0. The van der Waals surface area contributed by atoms with Crippen LogP contribution in [0.1, 0.15) is 33.2 Å². The second-order valence-electron chi connectivity index (χ2n) is 3.80. The Kier molecular flexibility index (Phi) is 1.96. The van der Waals surface area contributed by atoms with Gasteiger partial charge in [0.05, 0.1) is 5.56 Å². The average molecular weight is 201 g/mol. The van der Waals surface area contributed by atoms with E-state index in [1.807, 2.05) is 6.92 Å². The third-order valence-electron chi connectivity index (χ3n) is 2.51. The van der Waals surface area contributed by atoms with Gasteiger partial charge in [0, 0.05) is 16.8 Å². The predicted molar refractivity (Wildman–Crippen MR) is 58.0 cm³/mol. The summed E-state index contributed by atoms with van der Waals surface area (Å²) in [6, 6.07) is 3.41. The Hall–Kier alpha value is -1.90. The highest BCUT2D eigenvalue weighted by Crippen LogP contribution is 2.27. The Morgan fingerprint density at radius 1 is 1.13 bits per heavy atom. The van der Waals surface area contributed by atoms with Crippen LogP contribution in [0, 0.1) is 6.92 Å². The number of aryl methyl sites for hydroxylation is 1. The first kappa shape index (κ1) is 9.65. The number of ketones is 2. The minimum atomic E-state index is -0.151. The molecule has 1 aliphatic rings. The van der Waals surface area contributed by atoms with Crippen LogP contribution in [0.3, 0.4) is 0 Å². The number of benzene rings is 1. The first-order valence-electron chi connectivity index (χ1n) is 4.68. The molecule has 3 heteroatoms. The number of carbonyl (C=O) groups excluding carboxylic acids is 2. The molecule has 0 unspecified atom stereocenters. The van der Waals surface area contributed by atoms with Gasteiger partial charge in [-0.1, -0.05) is 0 Å². The van der Waals surface area contributed by atoms with E-state index in [2.05, 4.69) is 0 Å². The highest BCUT2D eigenvalue weighted by molar-refractivity contribution is 6.26. The quantitative estimate of drug-likeness (QED) is 0.652. The molecule has 0 amide bonds. The molecule has 1 aliphatic carbocycles. The first-order chi connectivity index (χ1) is 7.00. The molecular weight excluding hydrogens is 190 g/mol. The van der Waals surface area contributed by atoms with Crippen molar-refractivity contribution in [1.82, 2.24) is 0 Å². The van der Waals surface area contributed by atoms with Gasteiger partial charge >= 0.3 is 0 Å². The van der Waals surface area contributed by atoms with Crippen molar-refractivity contribution in [1.29, 1.82) is 0 Å². The van der Waals surface area contributed by atoms with Gasteiger partial charge in [0.15, 0.2) is 11.6 Å². The molecule has 15 heavy (non-hydrogen) atoms. The molecule has 1 aromatic rings. The maximum Gasteiger partial charge on any atom is 0.191 e. The normalized spacial score (nSPS) is 14.9. The molecule has 76 valence electrons. The lowest BCUT2D eigenvalue weighted by Gasteiger charge is -2.15. The monoisotopic (exact) mass is 201 g/mol. The number of fused-ring (bicyclic) bond motifs is 1. The summed E-state index contributed by atoms with van der Waals surface area (Å²) in [6.07, 6.45) is 1.36. The molecule has 0 aliphatic heterocycles. The van der Waals surface area contributed by atoms with Gasteiger partial charge in [-0.25, -0.2) is 0 Å². The average Bonchev–Trinajstić information content (AvgIpc) is 2.13. The van der Waals surface area contributed by atoms with Crippen LogP contribution in [0.25, 0.3) is 0 Å². The summed E-state index contributed by atoms with van der Waals surface area (Å²) < 4.78 is 0. The van der Waals surface area contributed by atoms with Crippen LogP contribution >= 0.6 is 0 Å². The summed E-state index contributed by atoms with van der Waals surface area (Å²) in [5, 5.41) is 0. The van der Waals surface area contributed by atoms with Crippen LogP contribution in [-0.4, -0.2) is 11.6 Å². The number of Topliss-reactive ketones (excluding diaryl/α,β-unsaturated/α-hetero) is 1. The van der Waals surface area contributed by atoms with Gasteiger partial charge in [-0.05, 0) is 37.6 Å². The Morgan fingerprint density at radius 3 is 2.47 bits per heavy atom. The number of nitrogens with two attached hydrogens (primary N) is 1. The molecule has 0 spiro atoms. The van der Waals surface area contributed by atoms with Gasteiger partial charge < -0.3 is 5.73 Å². The van der Waals surface area contributed by atoms with Crippen LogP contribution in [0.4, 0.5) is 5.69 Å². The lowest BCUT2D eigenvalue weighted by Crippen LogP contribution is -2.17. The minimum Gasteiger partial charge on any atom is -0.398 e. The summed E-state index contributed by atoms with van der Waals surface area (Å²) in [6.45, 7) is 3.47. The largest absolute Gasteiger partial charge is 0.398 e. The third-order valence-corrected chi connectivity index (χ3v) is 2.51. The van der Waals surface area contributed by atoms with Crippen molar-refractivity contribution < 1.29 is 9.59 Å². The molecule has 0 radical (unpaired) electrons. The zero-order valence-corrected chi connectivity index (χ0v) is 8.63. The number of nitrogen functional groups attached to an aromatic ring is 1. The molecule has 0 atom stereocenters. The minimum absolute atomic E-state index is 0.141. The third kappa shape index (κ3) is 1.36. The van der Waals surface area contributed by atoms with Crippen LogP contribution in [-0.2, 0) is 0 Å². The fourth-order valence-electron chi connectivity index (χ4n) is 1.80. The van der Waals surface area contributed by atoms with E-state index in [1.165, 1.54) is 6.08 Å². The van der Waals surface area contributed by atoms with Crippen LogP contribution < -0.4 is 5.73 Å². The van der Waals surface area contributed by atoms with Crippen molar-refractivity contribution in [3.63, 3.8) is 0 Å². The molecule has 0 heterocycles. The number of hydrogen-bond donors (Lipinski definition) is 1. The number of allylic oxidation sites excluding steroid dienone is 2. The van der Waals surface area contributed by atoms with Crippen molar-refractivity contribution in [2.45, 2.75) is 13.8 Å². The van der Waals surface area contributed by atoms with E-state index >= 15 is 0 Å². The first-order valence-corrected chi connectivity index (χ1v) is 4.68. The fraction of sp³-hybridized carbons (Fsp3) is 0.167. The van der Waals surface area contributed by atoms with Crippen LogP contribution in [0.5, 0.6) is 0 Å². The second kappa shape index (κ2) is 3.05. The number of carbonyl (C=O) groups is 2. The van der Waals surface area contributed by atoms with Gasteiger partial charge in [0.25, 0.3) is 0 Å². The van der Waals surface area contributed by atoms with Crippen molar-refractivity contribution in [2.24, 2.45) is 0 Å². The molecule has 0 aromatic heterocycles. The fourth-order valence-corrected chi connectivity index (χ4v) is 1.80. The Morgan fingerprint density at radius 2 is 1.80 bits per heavy atom. The summed E-state index contributed by atoms with van der Waals surface area (Å²) in [5.74, 6) is -0.292. The van der Waals surface area contributed by atoms with Gasteiger partial charge in [-0.15, -0.1) is 0 Å². The van der Waals surface area contributed by atoms with Crippen molar-refractivity contribution in [2.75, 3.05) is 5.73 Å². The maximum atomic E-state index is 11.8. The zero-order chi connectivity index (χ0) is 11.2. The van der Waals surface area contributed by atoms with Crippen molar-refractivity contribution in [3.05, 3.63) is 40.5 Å². The van der Waals surface area contributed by atoms with Crippen molar-refractivity contribution >= 4 is 17.3 Å². The number of rotatable bonds is 0. The topological polar surface area (TPSA) is 60.2 Å². The molecular formula is C12H11NO2. The van der Waals surface area contributed by atoms with E-state index < -0.39 is 0 Å². The standard InChI is InChI=1S/C12H11NO2/c1-6-3-8-10(14)5-7(2)12(15)11(8)9(13)4-6/h3-5H,13H2,1-2H3. The molecule has 0 fully saturated rings. The van der Waals surface area contributed by atoms with E-state index in [0.29, 0.717) is 22.4 Å². The molecule has 0 saturated carbocycles. The summed E-state index contributed by atoms with van der Waals surface area (Å²) in [4.78, 5) is 23.5. The molecule has 1 aromatic carbocycles. The number of hydrogen-bond acceptors (Lipinski definition) is 3. The van der Waals surface area contributed by atoms with Gasteiger partial charge in [-0.2, -0.15) is 0 Å².